The van der Waals surface area contributed by atoms with E-state index in [0.717, 1.165) is 28.8 Å². The van der Waals surface area contributed by atoms with Crippen LogP contribution in [-0.4, -0.2) is 20.6 Å². The Hall–Kier alpha value is -4.14. The Morgan fingerprint density at radius 2 is 1.85 bits per heavy atom. The highest BCUT2D eigenvalue weighted by Crippen LogP contribution is 2.38. The molecule has 6 nitrogen and oxygen atoms in total. The first-order valence-corrected chi connectivity index (χ1v) is 12.7. The highest BCUT2D eigenvalue weighted by atomic mass is 19.4. The average molecular weight is 536 g/mol. The van der Waals surface area contributed by atoms with Gasteiger partial charge >= 0.3 is 12.1 Å². The van der Waals surface area contributed by atoms with E-state index in [4.69, 9.17) is 4.98 Å². The smallest absolute Gasteiger partial charge is 0.416 e. The molecule has 1 aromatic heterocycles. The van der Waals surface area contributed by atoms with Crippen LogP contribution in [0.15, 0.2) is 65.5 Å². The lowest BCUT2D eigenvalue weighted by Gasteiger charge is -2.25. The number of anilines is 1. The number of carbonyl (C=O) groups is 1. The number of para-hydroxylation sites is 1. The zero-order chi connectivity index (χ0) is 28.1. The molecule has 1 aliphatic rings. The first-order valence-electron chi connectivity index (χ1n) is 12.7. The number of hydrogen-bond acceptors (Lipinski definition) is 4. The molecule has 0 radical (unpaired) electrons. The van der Waals surface area contributed by atoms with Gasteiger partial charge in [-0.1, -0.05) is 37.3 Å². The summed E-state index contributed by atoms with van der Waals surface area (Å²) in [7, 11) is 0. The van der Waals surface area contributed by atoms with Crippen molar-refractivity contribution in [2.75, 3.05) is 5.32 Å². The van der Waals surface area contributed by atoms with Gasteiger partial charge in [-0.3, -0.25) is 9.36 Å². The van der Waals surface area contributed by atoms with Crippen molar-refractivity contribution >= 4 is 22.6 Å². The van der Waals surface area contributed by atoms with Crippen LogP contribution in [0.2, 0.25) is 0 Å². The fourth-order valence-corrected chi connectivity index (χ4v) is 5.51. The average Bonchev–Trinajstić information content (AvgIpc) is 3.20. The standard InChI is InChI=1S/C30H28F3N3O3/c1-17-14-22(18(2)34-24-7-5-4-6-21(24)27(38)39)25-23(15-17)26(37)36-13-12-29(3,28(36)35-25)16-19-8-10-20(11-9-19)30(31,32)33/h4-11,14-15,18,34H,12-13,16H2,1-3H3,(H,38,39)/t18-,29?/m1/s1. The number of benzene rings is 3. The number of alkyl halides is 3. The van der Waals surface area contributed by atoms with Crippen LogP contribution in [0.5, 0.6) is 0 Å². The van der Waals surface area contributed by atoms with E-state index in [1.54, 1.807) is 22.8 Å². The first kappa shape index (κ1) is 26.5. The molecule has 0 spiro atoms. The van der Waals surface area contributed by atoms with E-state index in [0.29, 0.717) is 41.8 Å². The van der Waals surface area contributed by atoms with E-state index >= 15 is 0 Å². The molecule has 202 valence electrons. The van der Waals surface area contributed by atoms with Gasteiger partial charge in [-0.2, -0.15) is 13.2 Å². The fraction of sp³-hybridized carbons (Fsp3) is 0.300. The molecule has 2 heterocycles. The normalized spacial score (nSPS) is 17.7. The Balaban J connectivity index is 1.56. The molecular weight excluding hydrogens is 507 g/mol. The molecule has 5 rings (SSSR count). The lowest BCUT2D eigenvalue weighted by Crippen LogP contribution is -2.28. The maximum absolute atomic E-state index is 13.6. The number of carboxylic acids is 1. The molecule has 3 aromatic carbocycles. The summed E-state index contributed by atoms with van der Waals surface area (Å²) < 4.78 is 40.8. The zero-order valence-corrected chi connectivity index (χ0v) is 21.8. The van der Waals surface area contributed by atoms with Crippen molar-refractivity contribution in [3.05, 3.63) is 105 Å². The summed E-state index contributed by atoms with van der Waals surface area (Å²) in [6, 6.07) is 15.1. The molecule has 0 saturated heterocycles. The Labute approximate surface area is 223 Å². The summed E-state index contributed by atoms with van der Waals surface area (Å²) in [5.41, 5.74) is 2.09. The van der Waals surface area contributed by atoms with Crippen LogP contribution in [0.3, 0.4) is 0 Å². The molecule has 1 unspecified atom stereocenters. The maximum Gasteiger partial charge on any atom is 0.416 e. The minimum atomic E-state index is -4.40. The molecular formula is C30H28F3N3O3. The van der Waals surface area contributed by atoms with Gasteiger partial charge < -0.3 is 10.4 Å². The van der Waals surface area contributed by atoms with Crippen molar-refractivity contribution in [1.29, 1.82) is 0 Å². The van der Waals surface area contributed by atoms with E-state index in [-0.39, 0.29) is 17.2 Å². The number of rotatable bonds is 6. The van der Waals surface area contributed by atoms with Crippen molar-refractivity contribution < 1.29 is 23.1 Å². The molecule has 9 heteroatoms. The number of aromatic nitrogens is 2. The molecule has 4 aromatic rings. The summed E-state index contributed by atoms with van der Waals surface area (Å²) in [5.74, 6) is -0.448. The quantitative estimate of drug-likeness (QED) is 0.295. The Kier molecular flexibility index (Phi) is 6.48. The lowest BCUT2D eigenvalue weighted by molar-refractivity contribution is -0.137. The number of carboxylic acid groups (broad SMARTS) is 1. The van der Waals surface area contributed by atoms with Crippen LogP contribution >= 0.6 is 0 Å². The van der Waals surface area contributed by atoms with E-state index < -0.39 is 23.1 Å². The van der Waals surface area contributed by atoms with Crippen LogP contribution in [0.25, 0.3) is 10.9 Å². The highest BCUT2D eigenvalue weighted by Gasteiger charge is 2.38. The van der Waals surface area contributed by atoms with Gasteiger partial charge in [0, 0.05) is 23.2 Å². The van der Waals surface area contributed by atoms with Crippen LogP contribution in [0, 0.1) is 6.92 Å². The molecule has 1 aliphatic heterocycles. The Morgan fingerprint density at radius 3 is 2.51 bits per heavy atom. The summed E-state index contributed by atoms with van der Waals surface area (Å²) in [6.07, 6.45) is -3.34. The number of fused-ring (bicyclic) bond motifs is 2. The van der Waals surface area contributed by atoms with Gasteiger partial charge in [0.05, 0.1) is 28.1 Å². The van der Waals surface area contributed by atoms with Crippen LogP contribution in [0.4, 0.5) is 18.9 Å². The second-order valence-corrected chi connectivity index (χ2v) is 10.5. The SMILES string of the molecule is Cc1cc([C@@H](C)Nc2ccccc2C(=O)O)c2nc3n(c(=O)c2c1)CCC3(C)Cc1ccc(C(F)(F)F)cc1. The van der Waals surface area contributed by atoms with Gasteiger partial charge in [-0.05, 0) is 68.1 Å². The minimum Gasteiger partial charge on any atom is -0.478 e. The number of nitrogens with zero attached hydrogens (tertiary/aromatic N) is 2. The van der Waals surface area contributed by atoms with E-state index in [2.05, 4.69) is 5.32 Å². The predicted octanol–water partition coefficient (Wildman–Crippen LogP) is 6.50. The van der Waals surface area contributed by atoms with Crippen LogP contribution in [-0.2, 0) is 24.6 Å². The van der Waals surface area contributed by atoms with Gasteiger partial charge in [0.2, 0.25) is 0 Å². The molecule has 0 amide bonds. The molecule has 0 aliphatic carbocycles. The van der Waals surface area contributed by atoms with Crippen molar-refractivity contribution in [3.8, 4) is 0 Å². The topological polar surface area (TPSA) is 84.2 Å². The third-order valence-electron chi connectivity index (χ3n) is 7.53. The van der Waals surface area contributed by atoms with Gasteiger partial charge in [-0.15, -0.1) is 0 Å². The minimum absolute atomic E-state index is 0.138. The van der Waals surface area contributed by atoms with Crippen molar-refractivity contribution in [2.45, 2.75) is 57.8 Å². The third-order valence-corrected chi connectivity index (χ3v) is 7.53. The molecule has 2 N–H and O–H groups in total. The van der Waals surface area contributed by atoms with Crippen molar-refractivity contribution in [3.63, 3.8) is 0 Å². The molecule has 2 atom stereocenters. The van der Waals surface area contributed by atoms with Gasteiger partial charge in [0.15, 0.2) is 0 Å². The number of aromatic carboxylic acids is 1. The van der Waals surface area contributed by atoms with Gasteiger partial charge in [0.1, 0.15) is 5.82 Å². The third kappa shape index (κ3) is 4.89. The monoisotopic (exact) mass is 535 g/mol. The summed E-state index contributed by atoms with van der Waals surface area (Å²) in [6.45, 7) is 6.24. The van der Waals surface area contributed by atoms with Gasteiger partial charge in [-0.25, -0.2) is 9.78 Å². The first-order chi connectivity index (χ1) is 18.4. The van der Waals surface area contributed by atoms with Crippen LogP contribution in [0.1, 0.15) is 64.7 Å². The Morgan fingerprint density at radius 1 is 1.15 bits per heavy atom. The van der Waals surface area contributed by atoms with Crippen molar-refractivity contribution in [2.24, 2.45) is 0 Å². The number of halogens is 3. The molecule has 0 fully saturated rings. The zero-order valence-electron chi connectivity index (χ0n) is 21.8. The van der Waals surface area contributed by atoms with Crippen LogP contribution < -0.4 is 10.9 Å². The predicted molar refractivity (Wildman–Crippen MR) is 143 cm³/mol. The van der Waals surface area contributed by atoms with Crippen molar-refractivity contribution in [1.82, 2.24) is 9.55 Å². The molecule has 39 heavy (non-hydrogen) atoms. The molecule has 0 bridgehead atoms. The summed E-state index contributed by atoms with van der Waals surface area (Å²) in [5, 5.41) is 13.3. The fourth-order valence-electron chi connectivity index (χ4n) is 5.51. The number of aryl methyl sites for hydroxylation is 1. The number of nitrogens with one attached hydrogen (secondary N) is 1. The highest BCUT2D eigenvalue weighted by molar-refractivity contribution is 5.94. The maximum atomic E-state index is 13.6. The van der Waals surface area contributed by atoms with E-state index in [1.807, 2.05) is 32.9 Å². The second-order valence-electron chi connectivity index (χ2n) is 10.5. The summed E-state index contributed by atoms with van der Waals surface area (Å²) >= 11 is 0. The molecule has 0 saturated carbocycles. The largest absolute Gasteiger partial charge is 0.478 e. The van der Waals surface area contributed by atoms with E-state index in [9.17, 15) is 27.9 Å². The van der Waals surface area contributed by atoms with E-state index in [1.165, 1.54) is 18.2 Å². The lowest BCUT2D eigenvalue weighted by atomic mass is 9.81. The van der Waals surface area contributed by atoms with Gasteiger partial charge in [0.25, 0.3) is 5.56 Å². The summed E-state index contributed by atoms with van der Waals surface area (Å²) in [4.78, 5) is 30.4. The Bertz CT molecular complexity index is 1640. The second kappa shape index (κ2) is 9.55. The number of hydrogen-bond donors (Lipinski definition) is 2.